The lowest BCUT2D eigenvalue weighted by atomic mass is 10.1. The van der Waals surface area contributed by atoms with Crippen molar-refractivity contribution in [3.63, 3.8) is 0 Å². The van der Waals surface area contributed by atoms with E-state index in [4.69, 9.17) is 23.4 Å². The van der Waals surface area contributed by atoms with Gasteiger partial charge in [-0.05, 0) is 18.2 Å². The summed E-state index contributed by atoms with van der Waals surface area (Å²) in [6, 6.07) is 5.17. The second kappa shape index (κ2) is 9.66. The Morgan fingerprint density at radius 1 is 1.03 bits per heavy atom. The van der Waals surface area contributed by atoms with E-state index in [0.29, 0.717) is 17.0 Å². The first-order chi connectivity index (χ1) is 14.3. The Bertz CT molecular complexity index is 900. The Hall–Kier alpha value is -3.01. The number of ether oxygens (including phenoxy) is 4. The molecule has 0 bridgehead atoms. The van der Waals surface area contributed by atoms with Gasteiger partial charge in [-0.2, -0.15) is 0 Å². The maximum Gasteiger partial charge on any atom is 0.303 e. The highest BCUT2D eigenvalue weighted by Gasteiger charge is 2.47. The molecule has 0 aromatic carbocycles. The molecule has 1 aliphatic heterocycles. The Morgan fingerprint density at radius 3 is 2.37 bits per heavy atom. The van der Waals surface area contributed by atoms with Crippen LogP contribution in [0.25, 0.3) is 11.3 Å². The van der Waals surface area contributed by atoms with Crippen molar-refractivity contribution >= 4 is 29.7 Å². The van der Waals surface area contributed by atoms with E-state index in [2.05, 4.69) is 4.98 Å². The second-order valence-electron chi connectivity index (χ2n) is 6.48. The molecule has 0 unspecified atom stereocenters. The van der Waals surface area contributed by atoms with Crippen LogP contribution < -0.4 is 4.74 Å². The molecule has 0 N–H and O–H groups in total. The van der Waals surface area contributed by atoms with Gasteiger partial charge in [0.15, 0.2) is 23.7 Å². The number of rotatable bonds is 6. The topological polar surface area (TPSA) is 114 Å². The van der Waals surface area contributed by atoms with Crippen LogP contribution in [0.4, 0.5) is 0 Å². The number of nitrogens with zero attached hydrogens (tertiary/aromatic N) is 1. The first kappa shape index (κ1) is 21.7. The smallest absolute Gasteiger partial charge is 0.303 e. The number of furan rings is 1. The minimum absolute atomic E-state index is 0.279. The van der Waals surface area contributed by atoms with Crippen molar-refractivity contribution < 1.29 is 37.7 Å². The molecule has 0 amide bonds. The molecule has 160 valence electrons. The molecular weight excluding hydrogens is 414 g/mol. The van der Waals surface area contributed by atoms with Crippen LogP contribution in [-0.4, -0.2) is 52.4 Å². The summed E-state index contributed by atoms with van der Waals surface area (Å²) in [5.41, 5.74) is 0.518. The van der Waals surface area contributed by atoms with E-state index < -0.39 is 41.7 Å². The van der Waals surface area contributed by atoms with Crippen molar-refractivity contribution in [3.05, 3.63) is 36.9 Å². The quantitative estimate of drug-likeness (QED) is 0.495. The molecule has 0 spiro atoms. The van der Waals surface area contributed by atoms with Crippen molar-refractivity contribution in [3.8, 4) is 17.0 Å². The fourth-order valence-corrected chi connectivity index (χ4v) is 4.25. The molecule has 10 heteroatoms. The van der Waals surface area contributed by atoms with Crippen molar-refractivity contribution in [2.75, 3.05) is 5.75 Å². The lowest BCUT2D eigenvalue weighted by Gasteiger charge is -2.40. The highest BCUT2D eigenvalue weighted by atomic mass is 32.2. The number of carbonyl (C=O) groups is 3. The Labute approximate surface area is 177 Å². The molecule has 2 aromatic heterocycles. The molecule has 3 rings (SSSR count). The monoisotopic (exact) mass is 435 g/mol. The highest BCUT2D eigenvalue weighted by Crippen LogP contribution is 2.36. The van der Waals surface area contributed by atoms with Crippen LogP contribution in [0.2, 0.25) is 0 Å². The van der Waals surface area contributed by atoms with Crippen molar-refractivity contribution in [2.45, 2.75) is 44.5 Å². The lowest BCUT2D eigenvalue weighted by molar-refractivity contribution is -0.186. The van der Waals surface area contributed by atoms with Gasteiger partial charge in [-0.15, -0.1) is 11.8 Å². The summed E-state index contributed by atoms with van der Waals surface area (Å²) in [6.07, 6.45) is 1.85. The minimum Gasteiger partial charge on any atom is -0.473 e. The zero-order chi connectivity index (χ0) is 21.7. The van der Waals surface area contributed by atoms with Gasteiger partial charge in [0, 0.05) is 38.3 Å². The number of hydrogen-bond donors (Lipinski definition) is 0. The lowest BCUT2D eigenvalue weighted by Crippen LogP contribution is -2.55. The fourth-order valence-electron chi connectivity index (χ4n) is 3.04. The average Bonchev–Trinajstić information content (AvgIpc) is 3.20. The Kier molecular flexibility index (Phi) is 6.99. The average molecular weight is 435 g/mol. The molecule has 1 aliphatic rings. The van der Waals surface area contributed by atoms with Crippen LogP contribution in [-0.2, 0) is 28.6 Å². The number of pyridine rings is 1. The van der Waals surface area contributed by atoms with Crippen molar-refractivity contribution in [1.82, 2.24) is 4.98 Å². The zero-order valence-corrected chi connectivity index (χ0v) is 17.4. The van der Waals surface area contributed by atoms with Gasteiger partial charge in [0.25, 0.3) is 0 Å². The predicted molar refractivity (Wildman–Crippen MR) is 105 cm³/mol. The number of esters is 3. The van der Waals surface area contributed by atoms with E-state index in [0.717, 1.165) is 0 Å². The van der Waals surface area contributed by atoms with Gasteiger partial charge in [0.2, 0.25) is 0 Å². The van der Waals surface area contributed by atoms with E-state index in [1.807, 2.05) is 0 Å². The van der Waals surface area contributed by atoms with Gasteiger partial charge in [0.05, 0.1) is 12.5 Å². The molecule has 4 atom stereocenters. The molecule has 2 aromatic rings. The molecule has 0 saturated carbocycles. The van der Waals surface area contributed by atoms with Gasteiger partial charge < -0.3 is 23.4 Å². The van der Waals surface area contributed by atoms with Gasteiger partial charge >= 0.3 is 17.9 Å². The molecule has 1 fully saturated rings. The first-order valence-electron chi connectivity index (χ1n) is 9.12. The fraction of sp³-hybridized carbons (Fsp3) is 0.400. The van der Waals surface area contributed by atoms with Crippen molar-refractivity contribution in [1.29, 1.82) is 0 Å². The Balaban J connectivity index is 1.91. The van der Waals surface area contributed by atoms with Crippen LogP contribution in [0.15, 0.2) is 41.3 Å². The van der Waals surface area contributed by atoms with Gasteiger partial charge in [-0.3, -0.25) is 19.4 Å². The van der Waals surface area contributed by atoms with E-state index in [1.54, 1.807) is 24.4 Å². The maximum atomic E-state index is 11.8. The molecule has 3 heterocycles. The minimum atomic E-state index is -1.02. The van der Waals surface area contributed by atoms with Gasteiger partial charge in [-0.1, -0.05) is 0 Å². The van der Waals surface area contributed by atoms with E-state index in [-0.39, 0.29) is 5.75 Å². The van der Waals surface area contributed by atoms with Crippen LogP contribution in [0.5, 0.6) is 5.75 Å². The normalized spacial score (nSPS) is 23.3. The first-order valence-corrected chi connectivity index (χ1v) is 10.2. The maximum absolute atomic E-state index is 11.8. The summed E-state index contributed by atoms with van der Waals surface area (Å²) in [5.74, 6) is -1.01. The van der Waals surface area contributed by atoms with Gasteiger partial charge in [-0.25, -0.2) is 0 Å². The second-order valence-corrected chi connectivity index (χ2v) is 7.61. The van der Waals surface area contributed by atoms with Crippen LogP contribution in [0, 0.1) is 0 Å². The third-order valence-electron chi connectivity index (χ3n) is 4.11. The number of hydrogen-bond acceptors (Lipinski definition) is 10. The Morgan fingerprint density at radius 2 is 1.73 bits per heavy atom. The third kappa shape index (κ3) is 5.32. The summed E-state index contributed by atoms with van der Waals surface area (Å²) >= 11 is 1.28. The zero-order valence-electron chi connectivity index (χ0n) is 16.6. The van der Waals surface area contributed by atoms with E-state index >= 15 is 0 Å². The van der Waals surface area contributed by atoms with Crippen LogP contribution >= 0.6 is 11.8 Å². The molecule has 30 heavy (non-hydrogen) atoms. The summed E-state index contributed by atoms with van der Waals surface area (Å²) < 4.78 is 27.4. The number of thioether (sulfide) groups is 1. The molecule has 1 saturated heterocycles. The predicted octanol–water partition coefficient (Wildman–Crippen LogP) is 2.59. The molecule has 0 radical (unpaired) electrons. The number of aromatic nitrogens is 1. The standard InChI is InChI=1S/C20H21NO8S/c1-11(22)26-16-10-30-20(19(28-13(3)24)18(16)27-12(2)23)29-15-5-4-7-21-17(15)14-6-8-25-9-14/h4-9,16,18-20H,10H2,1-3H3/t16-,18+,19-,20-/m1/s1. The largest absolute Gasteiger partial charge is 0.473 e. The third-order valence-corrected chi connectivity index (χ3v) is 5.33. The summed E-state index contributed by atoms with van der Waals surface area (Å²) in [4.78, 5) is 39.3. The SMILES string of the molecule is CC(=O)O[C@@H]1[C@@H](OC(C)=O)[C@H](OC(C)=O)CS[C@H]1Oc1cccnc1-c1ccoc1. The summed E-state index contributed by atoms with van der Waals surface area (Å²) in [5, 5.41) is 0. The van der Waals surface area contributed by atoms with Crippen LogP contribution in [0.1, 0.15) is 20.8 Å². The molecular formula is C20H21NO8S. The van der Waals surface area contributed by atoms with Gasteiger partial charge in [0.1, 0.15) is 11.4 Å². The number of carbonyl (C=O) groups excluding carboxylic acids is 3. The van der Waals surface area contributed by atoms with Crippen molar-refractivity contribution in [2.24, 2.45) is 0 Å². The van der Waals surface area contributed by atoms with E-state index in [9.17, 15) is 14.4 Å². The van der Waals surface area contributed by atoms with E-state index in [1.165, 1.54) is 45.1 Å². The van der Waals surface area contributed by atoms with Crippen LogP contribution in [0.3, 0.4) is 0 Å². The summed E-state index contributed by atoms with van der Waals surface area (Å²) in [6.45, 7) is 3.72. The molecule has 9 nitrogen and oxygen atoms in total. The summed E-state index contributed by atoms with van der Waals surface area (Å²) in [7, 11) is 0. The molecule has 0 aliphatic carbocycles. The highest BCUT2D eigenvalue weighted by molar-refractivity contribution is 7.99.